The molecule has 1 aliphatic heterocycles. The fourth-order valence-corrected chi connectivity index (χ4v) is 2.28. The molecule has 2 N–H and O–H groups in total. The SMILES string of the molecule is Cc1ccccc1NC(=O)CN1CCC(C)(O)C1. The first kappa shape index (κ1) is 13.1. The van der Waals surface area contributed by atoms with Crippen LogP contribution in [-0.2, 0) is 4.79 Å². The van der Waals surface area contributed by atoms with E-state index in [2.05, 4.69) is 5.32 Å². The van der Waals surface area contributed by atoms with Crippen LogP contribution in [0.15, 0.2) is 24.3 Å². The van der Waals surface area contributed by atoms with Crippen molar-refractivity contribution in [1.82, 2.24) is 4.90 Å². The maximum atomic E-state index is 11.9. The molecule has 4 heteroatoms. The molecule has 1 aromatic rings. The van der Waals surface area contributed by atoms with Gasteiger partial charge in [-0.15, -0.1) is 0 Å². The lowest BCUT2D eigenvalue weighted by atomic mass is 10.1. The molecule has 1 fully saturated rings. The summed E-state index contributed by atoms with van der Waals surface area (Å²) >= 11 is 0. The summed E-state index contributed by atoms with van der Waals surface area (Å²) in [6.07, 6.45) is 0.727. The highest BCUT2D eigenvalue weighted by molar-refractivity contribution is 5.92. The molecule has 1 heterocycles. The predicted molar refractivity (Wildman–Crippen MR) is 71.5 cm³/mol. The number of aryl methyl sites for hydroxylation is 1. The van der Waals surface area contributed by atoms with Crippen LogP contribution in [0.2, 0.25) is 0 Å². The number of hydrogen-bond donors (Lipinski definition) is 2. The van der Waals surface area contributed by atoms with Crippen LogP contribution in [0.1, 0.15) is 18.9 Å². The number of benzene rings is 1. The summed E-state index contributed by atoms with van der Waals surface area (Å²) < 4.78 is 0. The van der Waals surface area contributed by atoms with Gasteiger partial charge in [-0.1, -0.05) is 18.2 Å². The molecule has 1 amide bonds. The Morgan fingerprint density at radius 2 is 2.22 bits per heavy atom. The molecule has 4 nitrogen and oxygen atoms in total. The second-order valence-corrected chi connectivity index (χ2v) is 5.32. The fraction of sp³-hybridized carbons (Fsp3) is 0.500. The highest BCUT2D eigenvalue weighted by Gasteiger charge is 2.31. The minimum absolute atomic E-state index is 0.0259. The quantitative estimate of drug-likeness (QED) is 0.850. The second-order valence-electron chi connectivity index (χ2n) is 5.32. The number of carbonyl (C=O) groups excluding carboxylic acids is 1. The van der Waals surface area contributed by atoms with Gasteiger partial charge in [0.2, 0.25) is 5.91 Å². The molecule has 1 aliphatic rings. The van der Waals surface area contributed by atoms with E-state index >= 15 is 0 Å². The number of carbonyl (C=O) groups is 1. The molecule has 1 unspecified atom stereocenters. The molecule has 98 valence electrons. The number of nitrogens with one attached hydrogen (secondary N) is 1. The lowest BCUT2D eigenvalue weighted by Crippen LogP contribution is -2.35. The van der Waals surface area contributed by atoms with Crippen LogP contribution in [0.25, 0.3) is 0 Å². The fourth-order valence-electron chi connectivity index (χ4n) is 2.28. The van der Waals surface area contributed by atoms with Gasteiger partial charge in [-0.25, -0.2) is 0 Å². The van der Waals surface area contributed by atoms with Crippen LogP contribution in [0.5, 0.6) is 0 Å². The molecule has 0 saturated carbocycles. The lowest BCUT2D eigenvalue weighted by molar-refractivity contribution is -0.117. The maximum Gasteiger partial charge on any atom is 0.238 e. The van der Waals surface area contributed by atoms with E-state index in [1.54, 1.807) is 0 Å². The van der Waals surface area contributed by atoms with Crippen molar-refractivity contribution in [1.29, 1.82) is 0 Å². The monoisotopic (exact) mass is 248 g/mol. The maximum absolute atomic E-state index is 11.9. The van der Waals surface area contributed by atoms with Crippen LogP contribution in [-0.4, -0.2) is 41.1 Å². The third kappa shape index (κ3) is 3.31. The summed E-state index contributed by atoms with van der Waals surface area (Å²) in [6, 6.07) is 7.72. The van der Waals surface area contributed by atoms with Crippen molar-refractivity contribution in [3.63, 3.8) is 0 Å². The second kappa shape index (κ2) is 5.08. The largest absolute Gasteiger partial charge is 0.389 e. The van der Waals surface area contributed by atoms with Crippen molar-refractivity contribution < 1.29 is 9.90 Å². The molecule has 1 aromatic carbocycles. The smallest absolute Gasteiger partial charge is 0.238 e. The lowest BCUT2D eigenvalue weighted by Gasteiger charge is -2.18. The third-order valence-corrected chi connectivity index (χ3v) is 3.32. The molecule has 0 aliphatic carbocycles. The minimum atomic E-state index is -0.650. The van der Waals surface area contributed by atoms with Crippen molar-refractivity contribution >= 4 is 11.6 Å². The third-order valence-electron chi connectivity index (χ3n) is 3.32. The molecule has 0 spiro atoms. The Kier molecular flexibility index (Phi) is 3.68. The molecular formula is C14H20N2O2. The zero-order valence-electron chi connectivity index (χ0n) is 10.9. The van der Waals surface area contributed by atoms with Crippen molar-refractivity contribution in [2.75, 3.05) is 25.0 Å². The molecule has 0 radical (unpaired) electrons. The zero-order valence-corrected chi connectivity index (χ0v) is 10.9. The van der Waals surface area contributed by atoms with Crippen LogP contribution in [0.4, 0.5) is 5.69 Å². The number of β-amino-alcohol motifs (C(OH)–C–C–N with tert-alkyl or cyclic N) is 1. The van der Waals surface area contributed by atoms with Crippen LogP contribution in [0, 0.1) is 6.92 Å². The van der Waals surface area contributed by atoms with E-state index in [0.717, 1.165) is 24.2 Å². The summed E-state index contributed by atoms with van der Waals surface area (Å²) in [5, 5.41) is 12.7. The number of amides is 1. The summed E-state index contributed by atoms with van der Waals surface area (Å²) in [5.41, 5.74) is 1.26. The molecule has 1 saturated heterocycles. The van der Waals surface area contributed by atoms with Gasteiger partial charge in [-0.3, -0.25) is 9.69 Å². The Balaban J connectivity index is 1.88. The van der Waals surface area contributed by atoms with E-state index in [4.69, 9.17) is 0 Å². The molecular weight excluding hydrogens is 228 g/mol. The van der Waals surface area contributed by atoms with Gasteiger partial charge in [0.1, 0.15) is 0 Å². The first-order valence-corrected chi connectivity index (χ1v) is 6.26. The average Bonchev–Trinajstić information content (AvgIpc) is 2.61. The number of para-hydroxylation sites is 1. The van der Waals surface area contributed by atoms with E-state index in [-0.39, 0.29) is 5.91 Å². The van der Waals surface area contributed by atoms with Crippen molar-refractivity contribution in [2.24, 2.45) is 0 Å². The van der Waals surface area contributed by atoms with E-state index in [1.165, 1.54) is 0 Å². The molecule has 0 bridgehead atoms. The Hall–Kier alpha value is -1.39. The number of likely N-dealkylation sites (tertiary alicyclic amines) is 1. The summed E-state index contributed by atoms with van der Waals surface area (Å²) in [6.45, 7) is 5.45. The number of nitrogens with zero attached hydrogens (tertiary/aromatic N) is 1. The van der Waals surface area contributed by atoms with Gasteiger partial charge in [0.25, 0.3) is 0 Å². The van der Waals surface area contributed by atoms with Crippen LogP contribution in [0.3, 0.4) is 0 Å². The van der Waals surface area contributed by atoms with E-state index < -0.39 is 5.60 Å². The normalized spacial score (nSPS) is 24.2. The standard InChI is InChI=1S/C14H20N2O2/c1-11-5-3-4-6-12(11)15-13(17)9-16-8-7-14(2,18)10-16/h3-6,18H,7-10H2,1-2H3,(H,15,17). The van der Waals surface area contributed by atoms with Crippen LogP contribution >= 0.6 is 0 Å². The Morgan fingerprint density at radius 1 is 1.50 bits per heavy atom. The highest BCUT2D eigenvalue weighted by Crippen LogP contribution is 2.20. The van der Waals surface area contributed by atoms with Crippen molar-refractivity contribution in [2.45, 2.75) is 25.9 Å². The zero-order chi connectivity index (χ0) is 13.2. The summed E-state index contributed by atoms with van der Waals surface area (Å²) in [7, 11) is 0. The van der Waals surface area contributed by atoms with Gasteiger partial charge < -0.3 is 10.4 Å². The van der Waals surface area contributed by atoms with Gasteiger partial charge in [-0.05, 0) is 31.9 Å². The van der Waals surface area contributed by atoms with Crippen LogP contribution < -0.4 is 5.32 Å². The topological polar surface area (TPSA) is 52.6 Å². The van der Waals surface area contributed by atoms with E-state index in [1.807, 2.05) is 43.0 Å². The highest BCUT2D eigenvalue weighted by atomic mass is 16.3. The molecule has 2 rings (SSSR count). The average molecular weight is 248 g/mol. The Morgan fingerprint density at radius 3 is 2.83 bits per heavy atom. The number of aliphatic hydroxyl groups is 1. The van der Waals surface area contributed by atoms with Gasteiger partial charge >= 0.3 is 0 Å². The first-order chi connectivity index (χ1) is 8.46. The van der Waals surface area contributed by atoms with Crippen molar-refractivity contribution in [3.8, 4) is 0 Å². The van der Waals surface area contributed by atoms with Gasteiger partial charge in [0.15, 0.2) is 0 Å². The molecule has 18 heavy (non-hydrogen) atoms. The van der Waals surface area contributed by atoms with Crippen molar-refractivity contribution in [3.05, 3.63) is 29.8 Å². The molecule has 1 atom stereocenters. The number of hydrogen-bond acceptors (Lipinski definition) is 3. The first-order valence-electron chi connectivity index (χ1n) is 6.26. The van der Waals surface area contributed by atoms with Gasteiger partial charge in [-0.2, -0.15) is 0 Å². The summed E-state index contributed by atoms with van der Waals surface area (Å²) in [4.78, 5) is 13.9. The van der Waals surface area contributed by atoms with Gasteiger partial charge in [0, 0.05) is 18.8 Å². The number of anilines is 1. The summed E-state index contributed by atoms with van der Waals surface area (Å²) in [5.74, 6) is -0.0259. The number of rotatable bonds is 3. The predicted octanol–water partition coefficient (Wildman–Crippen LogP) is 1.39. The van der Waals surface area contributed by atoms with Gasteiger partial charge in [0.05, 0.1) is 12.1 Å². The Labute approximate surface area is 108 Å². The molecule has 0 aromatic heterocycles. The minimum Gasteiger partial charge on any atom is -0.389 e. The Bertz CT molecular complexity index is 443. The van der Waals surface area contributed by atoms with E-state index in [9.17, 15) is 9.90 Å². The van der Waals surface area contributed by atoms with E-state index in [0.29, 0.717) is 13.1 Å².